The van der Waals surface area contributed by atoms with E-state index in [4.69, 9.17) is 9.97 Å². The van der Waals surface area contributed by atoms with Crippen molar-refractivity contribution in [1.82, 2.24) is 14.5 Å². The first kappa shape index (κ1) is 28.2. The van der Waals surface area contributed by atoms with Crippen molar-refractivity contribution in [2.45, 2.75) is 38.5 Å². The second-order valence-corrected chi connectivity index (χ2v) is 14.6. The molecule has 2 heterocycles. The summed E-state index contributed by atoms with van der Waals surface area (Å²) in [5.41, 5.74) is 16.4. The zero-order chi connectivity index (χ0) is 33.1. The Morgan fingerprint density at radius 3 is 1.92 bits per heavy atom. The Hall–Kier alpha value is -5.80. The summed E-state index contributed by atoms with van der Waals surface area (Å²) in [5.74, 6) is 0.754. The Balaban J connectivity index is 1.31. The van der Waals surface area contributed by atoms with Gasteiger partial charge >= 0.3 is 0 Å². The van der Waals surface area contributed by atoms with Crippen LogP contribution < -0.4 is 0 Å². The van der Waals surface area contributed by atoms with Crippen LogP contribution in [0.4, 0.5) is 0 Å². The molecule has 0 amide bonds. The molecular weight excluding hydrogens is 595 g/mol. The van der Waals surface area contributed by atoms with E-state index in [2.05, 4.69) is 166 Å². The highest BCUT2D eigenvalue weighted by molar-refractivity contribution is 6.15. The predicted molar refractivity (Wildman–Crippen MR) is 202 cm³/mol. The van der Waals surface area contributed by atoms with Gasteiger partial charge in [0.25, 0.3) is 0 Å². The molecule has 10 rings (SSSR count). The molecule has 2 aliphatic carbocycles. The molecule has 49 heavy (non-hydrogen) atoms. The van der Waals surface area contributed by atoms with Crippen molar-refractivity contribution in [2.75, 3.05) is 0 Å². The molecule has 0 radical (unpaired) electrons. The minimum absolute atomic E-state index is 0.132. The summed E-state index contributed by atoms with van der Waals surface area (Å²) < 4.78 is 2.47. The van der Waals surface area contributed by atoms with Gasteiger partial charge in [0, 0.05) is 38.3 Å². The lowest BCUT2D eigenvalue weighted by molar-refractivity contribution is 0.636. The lowest BCUT2D eigenvalue weighted by atomic mass is 9.80. The van der Waals surface area contributed by atoms with Crippen LogP contribution in [0.5, 0.6) is 0 Å². The highest BCUT2D eigenvalue weighted by Gasteiger charge is 2.41. The maximum atomic E-state index is 5.46. The molecule has 0 N–H and O–H groups in total. The summed E-state index contributed by atoms with van der Waals surface area (Å²) in [5, 5.41) is 2.60. The highest BCUT2D eigenvalue weighted by atomic mass is 15.0. The van der Waals surface area contributed by atoms with E-state index in [9.17, 15) is 0 Å². The number of fused-ring (bicyclic) bond motifs is 10. The molecule has 0 unspecified atom stereocenters. The summed E-state index contributed by atoms with van der Waals surface area (Å²) in [7, 11) is 0. The first-order valence-electron chi connectivity index (χ1n) is 17.2. The van der Waals surface area contributed by atoms with Gasteiger partial charge in [-0.25, -0.2) is 9.97 Å². The van der Waals surface area contributed by atoms with Crippen LogP contribution in [0.25, 0.3) is 72.4 Å². The fourth-order valence-electron chi connectivity index (χ4n) is 8.91. The number of hydrogen-bond donors (Lipinski definition) is 0. The lowest BCUT2D eigenvalue weighted by Crippen LogP contribution is -2.17. The van der Waals surface area contributed by atoms with Gasteiger partial charge in [-0.05, 0) is 51.6 Å². The SMILES string of the molecule is CC1(C)c2ccccc2-c2c(-c3ccccc3-n3c4ccccc4c4c5c(ccc43)-c3ccccc3C5(C)C)nc(-c3ccccc3)nc21. The third-order valence-corrected chi connectivity index (χ3v) is 11.2. The van der Waals surface area contributed by atoms with E-state index in [0.29, 0.717) is 0 Å². The maximum absolute atomic E-state index is 5.46. The molecule has 6 aromatic carbocycles. The predicted octanol–water partition coefficient (Wildman–Crippen LogP) is 11.5. The summed E-state index contributed by atoms with van der Waals surface area (Å²) >= 11 is 0. The Bertz CT molecular complexity index is 2660. The van der Waals surface area contributed by atoms with Crippen LogP contribution in [0.1, 0.15) is 50.1 Å². The van der Waals surface area contributed by atoms with Gasteiger partial charge in [-0.2, -0.15) is 0 Å². The third-order valence-electron chi connectivity index (χ3n) is 11.2. The zero-order valence-electron chi connectivity index (χ0n) is 28.1. The van der Waals surface area contributed by atoms with Crippen LogP contribution in [-0.4, -0.2) is 14.5 Å². The standard InChI is InChI=1S/C46H35N3/c1-45(2)34-22-12-8-18-29(34)30-26-27-38-39(41(30)45)32-20-10-14-24-36(32)49(38)37-25-15-11-21-33(37)42-40-31-19-9-13-23-35(31)46(3,4)43(40)48-44(47-42)28-16-6-5-7-17-28/h5-27H,1-4H3. The van der Waals surface area contributed by atoms with Crippen LogP contribution >= 0.6 is 0 Å². The van der Waals surface area contributed by atoms with Gasteiger partial charge in [0.1, 0.15) is 0 Å². The first-order valence-corrected chi connectivity index (χ1v) is 17.2. The number of benzene rings is 6. The molecule has 0 saturated heterocycles. The average Bonchev–Trinajstić information content (AvgIpc) is 3.68. The molecule has 0 aliphatic heterocycles. The van der Waals surface area contributed by atoms with E-state index in [-0.39, 0.29) is 10.8 Å². The van der Waals surface area contributed by atoms with Crippen molar-refractivity contribution >= 4 is 21.8 Å². The van der Waals surface area contributed by atoms with Gasteiger partial charge in [-0.3, -0.25) is 0 Å². The van der Waals surface area contributed by atoms with Crippen molar-refractivity contribution < 1.29 is 0 Å². The molecule has 0 spiro atoms. The van der Waals surface area contributed by atoms with Crippen LogP contribution in [0.3, 0.4) is 0 Å². The largest absolute Gasteiger partial charge is 0.309 e. The van der Waals surface area contributed by atoms with Gasteiger partial charge in [0.05, 0.1) is 28.1 Å². The molecule has 3 nitrogen and oxygen atoms in total. The van der Waals surface area contributed by atoms with Crippen molar-refractivity contribution in [3.05, 3.63) is 162 Å². The summed E-state index contributed by atoms with van der Waals surface area (Å²) in [6, 6.07) is 50.5. The monoisotopic (exact) mass is 629 g/mol. The van der Waals surface area contributed by atoms with Gasteiger partial charge in [0.2, 0.25) is 0 Å². The maximum Gasteiger partial charge on any atom is 0.160 e. The fourth-order valence-corrected chi connectivity index (χ4v) is 8.91. The lowest BCUT2D eigenvalue weighted by Gasteiger charge is -2.23. The molecule has 0 bridgehead atoms. The van der Waals surface area contributed by atoms with Crippen LogP contribution in [0.15, 0.2) is 140 Å². The molecular formula is C46H35N3. The van der Waals surface area contributed by atoms with Gasteiger partial charge in [0.15, 0.2) is 5.82 Å². The van der Waals surface area contributed by atoms with E-state index in [0.717, 1.165) is 39.6 Å². The summed E-state index contributed by atoms with van der Waals surface area (Å²) in [6.07, 6.45) is 0. The molecule has 2 aliphatic rings. The average molecular weight is 630 g/mol. The normalized spacial score (nSPS) is 14.9. The Kier molecular flexibility index (Phi) is 5.69. The Labute approximate surface area is 286 Å². The van der Waals surface area contributed by atoms with E-state index >= 15 is 0 Å². The molecule has 234 valence electrons. The number of aromatic nitrogens is 3. The second-order valence-electron chi connectivity index (χ2n) is 14.6. The van der Waals surface area contributed by atoms with E-state index in [1.54, 1.807) is 0 Å². The smallest absolute Gasteiger partial charge is 0.160 e. The first-order chi connectivity index (χ1) is 23.9. The van der Waals surface area contributed by atoms with Crippen molar-refractivity contribution in [1.29, 1.82) is 0 Å². The third kappa shape index (κ3) is 3.73. The van der Waals surface area contributed by atoms with E-state index < -0.39 is 0 Å². The van der Waals surface area contributed by atoms with Crippen LogP contribution in [-0.2, 0) is 10.8 Å². The Morgan fingerprint density at radius 2 is 1.12 bits per heavy atom. The van der Waals surface area contributed by atoms with Crippen molar-refractivity contribution in [3.63, 3.8) is 0 Å². The van der Waals surface area contributed by atoms with Crippen molar-refractivity contribution in [2.24, 2.45) is 0 Å². The van der Waals surface area contributed by atoms with E-state index in [1.807, 2.05) is 6.07 Å². The minimum Gasteiger partial charge on any atom is -0.309 e. The van der Waals surface area contributed by atoms with E-state index in [1.165, 1.54) is 55.2 Å². The molecule has 0 saturated carbocycles. The molecule has 2 aromatic heterocycles. The minimum atomic E-state index is -0.268. The highest BCUT2D eigenvalue weighted by Crippen LogP contribution is 2.55. The number of nitrogens with zero attached hydrogens (tertiary/aromatic N) is 3. The number of hydrogen-bond acceptors (Lipinski definition) is 2. The fraction of sp³-hybridized carbons (Fsp3) is 0.130. The Morgan fingerprint density at radius 1 is 0.490 bits per heavy atom. The molecule has 3 heteroatoms. The van der Waals surface area contributed by atoms with Crippen LogP contribution in [0, 0.1) is 0 Å². The summed E-state index contributed by atoms with van der Waals surface area (Å²) in [6.45, 7) is 9.35. The number of rotatable bonds is 3. The quantitative estimate of drug-likeness (QED) is 0.195. The molecule has 0 atom stereocenters. The number of para-hydroxylation sites is 2. The zero-order valence-corrected chi connectivity index (χ0v) is 28.1. The van der Waals surface area contributed by atoms with Gasteiger partial charge in [-0.15, -0.1) is 0 Å². The summed E-state index contributed by atoms with van der Waals surface area (Å²) in [4.78, 5) is 10.8. The van der Waals surface area contributed by atoms with Crippen LogP contribution in [0.2, 0.25) is 0 Å². The van der Waals surface area contributed by atoms with Gasteiger partial charge in [-0.1, -0.05) is 149 Å². The second kappa shape index (κ2) is 9.87. The molecule has 8 aromatic rings. The molecule has 0 fully saturated rings. The topological polar surface area (TPSA) is 30.7 Å². The van der Waals surface area contributed by atoms with Crippen molar-refractivity contribution in [3.8, 4) is 50.6 Å². The van der Waals surface area contributed by atoms with Gasteiger partial charge < -0.3 is 4.57 Å².